The minimum Gasteiger partial charge on any atom is -0.438 e. The molecule has 2 aromatic rings. The van der Waals surface area contributed by atoms with E-state index in [1.807, 2.05) is 6.92 Å². The number of rotatable bonds is 5. The molecule has 0 aliphatic rings. The molecule has 1 aromatic carbocycles. The van der Waals surface area contributed by atoms with Crippen molar-refractivity contribution >= 4 is 5.82 Å². The van der Waals surface area contributed by atoms with Gasteiger partial charge in [0.2, 0.25) is 5.88 Å². The lowest BCUT2D eigenvalue weighted by Gasteiger charge is -2.12. The van der Waals surface area contributed by atoms with Crippen molar-refractivity contribution in [1.82, 2.24) is 9.97 Å². The van der Waals surface area contributed by atoms with Gasteiger partial charge in [0, 0.05) is 12.5 Å². The highest BCUT2D eigenvalue weighted by Crippen LogP contribution is 2.27. The first-order valence-corrected chi connectivity index (χ1v) is 6.41. The first kappa shape index (κ1) is 14.2. The third kappa shape index (κ3) is 3.21. The van der Waals surface area contributed by atoms with Crippen molar-refractivity contribution in [2.45, 2.75) is 26.7 Å². The second-order valence-electron chi connectivity index (χ2n) is 4.37. The fourth-order valence-corrected chi connectivity index (χ4v) is 1.76. The zero-order valence-corrected chi connectivity index (χ0v) is 11.5. The average Bonchev–Trinajstić information content (AvgIpc) is 2.42. The number of nitrogens with zero attached hydrogens (tertiary/aromatic N) is 2. The minimum absolute atomic E-state index is 0.361. The molecule has 0 aliphatic heterocycles. The van der Waals surface area contributed by atoms with Crippen LogP contribution in [0.15, 0.2) is 24.3 Å². The van der Waals surface area contributed by atoms with E-state index < -0.39 is 0 Å². The van der Waals surface area contributed by atoms with Gasteiger partial charge in [0.1, 0.15) is 23.2 Å². The van der Waals surface area contributed by atoms with Crippen LogP contribution in [0, 0.1) is 12.7 Å². The smallest absolute Gasteiger partial charge is 0.227 e. The molecule has 2 rings (SSSR count). The van der Waals surface area contributed by atoms with E-state index in [9.17, 15) is 4.39 Å². The summed E-state index contributed by atoms with van der Waals surface area (Å²) in [5, 5.41) is 0. The molecule has 0 aliphatic carbocycles. The van der Waals surface area contributed by atoms with E-state index in [-0.39, 0.29) is 5.82 Å². The quantitative estimate of drug-likeness (QED) is 0.649. The van der Waals surface area contributed by atoms with Gasteiger partial charge in [-0.15, -0.1) is 0 Å². The second kappa shape index (κ2) is 6.29. The van der Waals surface area contributed by atoms with Gasteiger partial charge in [-0.05, 0) is 25.5 Å². The maximum atomic E-state index is 13.2. The van der Waals surface area contributed by atoms with Gasteiger partial charge in [-0.25, -0.2) is 15.2 Å². The molecule has 0 unspecified atom stereocenters. The Hall–Kier alpha value is -2.21. The maximum absolute atomic E-state index is 13.2. The number of nitrogen functional groups attached to an aromatic ring is 1. The third-order valence-corrected chi connectivity index (χ3v) is 2.77. The maximum Gasteiger partial charge on any atom is 0.227 e. The number of hydrogen-bond donors (Lipinski definition) is 2. The van der Waals surface area contributed by atoms with Crippen LogP contribution in [0.2, 0.25) is 0 Å². The van der Waals surface area contributed by atoms with E-state index in [1.165, 1.54) is 12.1 Å². The Morgan fingerprint density at radius 1 is 1.35 bits per heavy atom. The van der Waals surface area contributed by atoms with E-state index in [1.54, 1.807) is 19.1 Å². The number of nitrogens with one attached hydrogen (secondary N) is 1. The van der Waals surface area contributed by atoms with E-state index >= 15 is 0 Å². The molecule has 0 fully saturated rings. The highest BCUT2D eigenvalue weighted by Gasteiger charge is 2.12. The van der Waals surface area contributed by atoms with Gasteiger partial charge in [0.15, 0.2) is 0 Å². The summed E-state index contributed by atoms with van der Waals surface area (Å²) in [6, 6.07) is 5.90. The molecule has 5 nitrogen and oxygen atoms in total. The van der Waals surface area contributed by atoms with Crippen LogP contribution < -0.4 is 16.0 Å². The number of benzene rings is 1. The first-order valence-electron chi connectivity index (χ1n) is 6.41. The third-order valence-electron chi connectivity index (χ3n) is 2.77. The Morgan fingerprint density at radius 3 is 2.80 bits per heavy atom. The predicted molar refractivity (Wildman–Crippen MR) is 75.0 cm³/mol. The molecule has 1 aromatic heterocycles. The number of hydrogen-bond acceptors (Lipinski definition) is 5. The number of halogens is 1. The van der Waals surface area contributed by atoms with Crippen LogP contribution in [-0.2, 0) is 6.42 Å². The second-order valence-corrected chi connectivity index (χ2v) is 4.37. The molecule has 3 N–H and O–H groups in total. The first-order chi connectivity index (χ1) is 9.63. The summed E-state index contributed by atoms with van der Waals surface area (Å²) >= 11 is 0. The van der Waals surface area contributed by atoms with E-state index in [0.29, 0.717) is 35.3 Å². The lowest BCUT2D eigenvalue weighted by molar-refractivity contribution is 0.450. The van der Waals surface area contributed by atoms with E-state index in [0.717, 1.165) is 6.42 Å². The molecule has 1 heterocycles. The highest BCUT2D eigenvalue weighted by atomic mass is 19.1. The number of anilines is 1. The molecular weight excluding hydrogens is 259 g/mol. The molecule has 0 radical (unpaired) electrons. The van der Waals surface area contributed by atoms with Gasteiger partial charge in [-0.3, -0.25) is 0 Å². The molecule has 0 saturated heterocycles. The number of ether oxygens (including phenoxy) is 1. The Bertz CT molecular complexity index is 604. The molecule has 6 heteroatoms. The fraction of sp³-hybridized carbons (Fsp3) is 0.286. The molecule has 0 bridgehead atoms. The Kier molecular flexibility index (Phi) is 4.47. The minimum atomic E-state index is -0.361. The summed E-state index contributed by atoms with van der Waals surface area (Å²) in [5.41, 5.74) is 3.20. The monoisotopic (exact) mass is 276 g/mol. The SMILES string of the molecule is CCCc1nc(NN)c(C)c(Oc2cccc(F)c2)n1. The fourth-order valence-electron chi connectivity index (χ4n) is 1.76. The summed E-state index contributed by atoms with van der Waals surface area (Å²) in [6.45, 7) is 3.82. The van der Waals surface area contributed by atoms with Crippen LogP contribution in [0.25, 0.3) is 0 Å². The summed E-state index contributed by atoms with van der Waals surface area (Å²) in [5.74, 6) is 6.99. The Balaban J connectivity index is 2.36. The predicted octanol–water partition coefficient (Wildman–Crippen LogP) is 2.95. The molecule has 0 saturated carbocycles. The van der Waals surface area contributed by atoms with Crippen LogP contribution in [0.3, 0.4) is 0 Å². The summed E-state index contributed by atoms with van der Waals surface area (Å²) < 4.78 is 18.8. The van der Waals surface area contributed by atoms with Crippen molar-refractivity contribution < 1.29 is 9.13 Å². The van der Waals surface area contributed by atoms with E-state index in [4.69, 9.17) is 10.6 Å². The lowest BCUT2D eigenvalue weighted by Crippen LogP contribution is -2.13. The normalized spacial score (nSPS) is 10.4. The van der Waals surface area contributed by atoms with Crippen LogP contribution in [-0.4, -0.2) is 9.97 Å². The van der Waals surface area contributed by atoms with Crippen molar-refractivity contribution in [3.8, 4) is 11.6 Å². The van der Waals surface area contributed by atoms with E-state index in [2.05, 4.69) is 15.4 Å². The van der Waals surface area contributed by atoms with Crippen molar-refractivity contribution in [1.29, 1.82) is 0 Å². The topological polar surface area (TPSA) is 73.1 Å². The highest BCUT2D eigenvalue weighted by molar-refractivity contribution is 5.48. The largest absolute Gasteiger partial charge is 0.438 e. The van der Waals surface area contributed by atoms with Crippen LogP contribution in [0.4, 0.5) is 10.2 Å². The van der Waals surface area contributed by atoms with Gasteiger partial charge >= 0.3 is 0 Å². The zero-order chi connectivity index (χ0) is 14.5. The standard InChI is InChI=1S/C14H17FN4O/c1-3-5-12-17-13(19-16)9(2)14(18-12)20-11-7-4-6-10(15)8-11/h4,6-8H,3,5,16H2,1-2H3,(H,17,18,19). The van der Waals surface area contributed by atoms with Crippen LogP contribution in [0.1, 0.15) is 24.7 Å². The Morgan fingerprint density at radius 2 is 2.15 bits per heavy atom. The number of hydrazine groups is 1. The average molecular weight is 276 g/mol. The molecule has 0 atom stereocenters. The summed E-state index contributed by atoms with van der Waals surface area (Å²) in [7, 11) is 0. The van der Waals surface area contributed by atoms with Gasteiger partial charge in [0.05, 0.1) is 5.56 Å². The Labute approximate surface area is 117 Å². The van der Waals surface area contributed by atoms with Gasteiger partial charge in [-0.1, -0.05) is 13.0 Å². The van der Waals surface area contributed by atoms with Crippen molar-refractivity contribution in [3.63, 3.8) is 0 Å². The molecule has 106 valence electrons. The van der Waals surface area contributed by atoms with Gasteiger partial charge in [-0.2, -0.15) is 4.98 Å². The number of aryl methyl sites for hydroxylation is 1. The lowest BCUT2D eigenvalue weighted by atomic mass is 10.2. The number of aromatic nitrogens is 2. The van der Waals surface area contributed by atoms with Crippen molar-refractivity contribution in [3.05, 3.63) is 41.5 Å². The molecular formula is C14H17FN4O. The summed E-state index contributed by atoms with van der Waals surface area (Å²) in [6.07, 6.45) is 1.63. The molecule has 0 spiro atoms. The van der Waals surface area contributed by atoms with Gasteiger partial charge < -0.3 is 10.2 Å². The molecule has 20 heavy (non-hydrogen) atoms. The zero-order valence-electron chi connectivity index (χ0n) is 11.5. The molecule has 0 amide bonds. The number of nitrogens with two attached hydrogens (primary N) is 1. The van der Waals surface area contributed by atoms with Crippen LogP contribution in [0.5, 0.6) is 11.6 Å². The van der Waals surface area contributed by atoms with Crippen LogP contribution >= 0.6 is 0 Å². The van der Waals surface area contributed by atoms with Crippen molar-refractivity contribution in [2.24, 2.45) is 5.84 Å². The summed E-state index contributed by atoms with van der Waals surface area (Å²) in [4.78, 5) is 8.64. The van der Waals surface area contributed by atoms with Crippen molar-refractivity contribution in [2.75, 3.05) is 5.43 Å². The van der Waals surface area contributed by atoms with Gasteiger partial charge in [0.25, 0.3) is 0 Å².